The summed E-state index contributed by atoms with van der Waals surface area (Å²) < 4.78 is 3.31. The van der Waals surface area contributed by atoms with E-state index >= 15 is 0 Å². The molecule has 29 heavy (non-hydrogen) atoms. The third kappa shape index (κ3) is 38.4. The summed E-state index contributed by atoms with van der Waals surface area (Å²) in [6.45, 7) is 13.8. The summed E-state index contributed by atoms with van der Waals surface area (Å²) in [5.74, 6) is -1.87. The van der Waals surface area contributed by atoms with Crippen molar-refractivity contribution in [3.05, 3.63) is 24.3 Å². The Morgan fingerprint density at radius 1 is 0.621 bits per heavy atom. The van der Waals surface area contributed by atoms with E-state index in [-0.39, 0.29) is 32.3 Å². The first-order valence-corrected chi connectivity index (χ1v) is 15.2. The molecule has 2 radical (unpaired) electrons. The van der Waals surface area contributed by atoms with Crippen LogP contribution in [0.2, 0.25) is 8.87 Å². The third-order valence-electron chi connectivity index (χ3n) is 4.14. The average molecular weight is 517 g/mol. The Labute approximate surface area is 190 Å². The number of carboxylic acid groups (broad SMARTS) is 2. The molecule has 0 heterocycles. The van der Waals surface area contributed by atoms with Crippen molar-refractivity contribution in [2.24, 2.45) is 0 Å². The number of hydrogen-bond donors (Lipinski definition) is 2. The van der Waals surface area contributed by atoms with E-state index < -0.39 is 11.9 Å². The fourth-order valence-electron chi connectivity index (χ4n) is 2.19. The van der Waals surface area contributed by atoms with Gasteiger partial charge in [-0.1, -0.05) is 13.2 Å². The molecule has 0 saturated heterocycles. The van der Waals surface area contributed by atoms with Crippen molar-refractivity contribution in [1.29, 1.82) is 0 Å². The predicted molar refractivity (Wildman–Crippen MR) is 127 cm³/mol. The van der Waals surface area contributed by atoms with E-state index in [1.54, 1.807) is 21.7 Å². The van der Waals surface area contributed by atoms with E-state index in [1.165, 1.54) is 78.1 Å². The van der Waals surface area contributed by atoms with Gasteiger partial charge in [0.2, 0.25) is 0 Å². The zero-order chi connectivity index (χ0) is 22.9. The summed E-state index contributed by atoms with van der Waals surface area (Å²) in [5, 5.41) is 15.8. The molecule has 0 aromatic rings. The van der Waals surface area contributed by atoms with Gasteiger partial charge < -0.3 is 10.2 Å². The molecule has 0 aliphatic heterocycles. The zero-order valence-electron chi connectivity index (χ0n) is 19.5. The van der Waals surface area contributed by atoms with Gasteiger partial charge >= 0.3 is 133 Å². The molecule has 0 fully saturated rings. The van der Waals surface area contributed by atoms with Gasteiger partial charge in [0.05, 0.1) is 0 Å². The van der Waals surface area contributed by atoms with Crippen LogP contribution in [0.25, 0.3) is 0 Å². The summed E-state index contributed by atoms with van der Waals surface area (Å²) in [4.78, 5) is 19.2. The van der Waals surface area contributed by atoms with Crippen molar-refractivity contribution in [3.8, 4) is 0 Å². The maximum absolute atomic E-state index is 9.60. The molecule has 0 unspecified atom stereocenters. The standard InChI is InChI=1S/2C8H17.2C4H6O2.Sn/c2*1-3-5-7-8-6-4-2;2*1-3(2)4(5)6;/h2*1,3-8H2,2H3;2*1H2,2H3,(H,5,6);. The predicted octanol–water partition coefficient (Wildman–Crippen LogP) is 7.54. The second-order valence-electron chi connectivity index (χ2n) is 7.46. The molecule has 0 aliphatic carbocycles. The fourth-order valence-corrected chi connectivity index (χ4v) is 5.75. The second kappa shape index (κ2) is 27.2. The van der Waals surface area contributed by atoms with Crippen molar-refractivity contribution < 1.29 is 19.8 Å². The van der Waals surface area contributed by atoms with Crippen LogP contribution in [-0.2, 0) is 9.59 Å². The Kier molecular flexibility index (Phi) is 30.9. The minimum absolute atomic E-state index is 0.0736. The molecule has 0 bridgehead atoms. The first kappa shape index (κ1) is 32.9. The van der Waals surface area contributed by atoms with Crippen LogP contribution in [0.4, 0.5) is 0 Å². The van der Waals surface area contributed by atoms with E-state index in [1.807, 2.05) is 0 Å². The Bertz CT molecular complexity index is 357. The average Bonchev–Trinajstić information content (AvgIpc) is 2.66. The molecule has 0 aromatic heterocycles. The molecule has 0 saturated carbocycles. The van der Waals surface area contributed by atoms with E-state index in [2.05, 4.69) is 27.0 Å². The Morgan fingerprint density at radius 2 is 0.862 bits per heavy atom. The summed E-state index contributed by atoms with van der Waals surface area (Å²) >= 11 is 0.0736. The molecule has 4 nitrogen and oxygen atoms in total. The van der Waals surface area contributed by atoms with E-state index in [0.717, 1.165) is 0 Å². The van der Waals surface area contributed by atoms with Crippen molar-refractivity contribution >= 4 is 33.1 Å². The van der Waals surface area contributed by atoms with Gasteiger partial charge in [0.15, 0.2) is 0 Å². The van der Waals surface area contributed by atoms with Gasteiger partial charge in [0.1, 0.15) is 0 Å². The molecule has 5 heteroatoms. The van der Waals surface area contributed by atoms with Gasteiger partial charge in [-0.15, -0.1) is 0 Å². The Morgan fingerprint density at radius 3 is 1.10 bits per heavy atom. The Hall–Kier alpha value is -0.781. The molecule has 0 rings (SSSR count). The van der Waals surface area contributed by atoms with Gasteiger partial charge in [0, 0.05) is 11.1 Å². The number of aliphatic carboxylic acids is 2. The first-order valence-electron chi connectivity index (χ1n) is 11.2. The number of unbranched alkanes of at least 4 members (excludes halogenated alkanes) is 10. The van der Waals surface area contributed by atoms with Crippen molar-refractivity contribution in [2.75, 3.05) is 0 Å². The van der Waals surface area contributed by atoms with Gasteiger partial charge in [0.25, 0.3) is 0 Å². The minimum atomic E-state index is -0.935. The summed E-state index contributed by atoms with van der Waals surface area (Å²) in [5.41, 5.74) is 0.352. The van der Waals surface area contributed by atoms with Crippen LogP contribution >= 0.6 is 0 Å². The maximum atomic E-state index is 9.60. The van der Waals surface area contributed by atoms with Gasteiger partial charge in [-0.05, 0) is 13.8 Å². The number of hydrogen-bond acceptors (Lipinski definition) is 2. The molecular weight excluding hydrogens is 471 g/mol. The van der Waals surface area contributed by atoms with Gasteiger partial charge in [-0.2, -0.15) is 0 Å². The van der Waals surface area contributed by atoms with Crippen molar-refractivity contribution in [2.45, 2.75) is 114 Å². The molecule has 2 N–H and O–H groups in total. The molecular formula is C24H46O4Sn. The zero-order valence-corrected chi connectivity index (χ0v) is 22.4. The molecule has 170 valence electrons. The van der Waals surface area contributed by atoms with Crippen LogP contribution < -0.4 is 0 Å². The second-order valence-corrected chi connectivity index (χ2v) is 11.7. The van der Waals surface area contributed by atoms with Crippen LogP contribution in [0, 0.1) is 0 Å². The van der Waals surface area contributed by atoms with Crippen molar-refractivity contribution in [1.82, 2.24) is 0 Å². The molecule has 0 amide bonds. The molecule has 0 atom stereocenters. The fraction of sp³-hybridized carbons (Fsp3) is 0.750. The third-order valence-corrected chi connectivity index (χ3v) is 8.18. The van der Waals surface area contributed by atoms with Crippen LogP contribution in [0.1, 0.15) is 105 Å². The van der Waals surface area contributed by atoms with Crippen LogP contribution in [0.5, 0.6) is 0 Å². The van der Waals surface area contributed by atoms with E-state index in [4.69, 9.17) is 10.2 Å². The van der Waals surface area contributed by atoms with E-state index in [9.17, 15) is 9.59 Å². The normalized spacial score (nSPS) is 9.52. The molecule has 0 aliphatic rings. The van der Waals surface area contributed by atoms with Crippen LogP contribution in [0.3, 0.4) is 0 Å². The number of carbonyl (C=O) groups is 2. The Balaban J connectivity index is -0.000000460. The van der Waals surface area contributed by atoms with Gasteiger partial charge in [-0.3, -0.25) is 0 Å². The first-order chi connectivity index (χ1) is 13.7. The topological polar surface area (TPSA) is 74.6 Å². The summed E-state index contributed by atoms with van der Waals surface area (Å²) in [6.07, 6.45) is 17.8. The van der Waals surface area contributed by atoms with E-state index in [0.29, 0.717) is 0 Å². The van der Waals surface area contributed by atoms with Crippen molar-refractivity contribution in [3.63, 3.8) is 0 Å². The monoisotopic (exact) mass is 518 g/mol. The number of rotatable bonds is 16. The van der Waals surface area contributed by atoms with Crippen LogP contribution in [0.15, 0.2) is 24.3 Å². The molecule has 0 aromatic carbocycles. The summed E-state index contributed by atoms with van der Waals surface area (Å²) in [7, 11) is 0. The quantitative estimate of drug-likeness (QED) is 0.126. The number of carboxylic acids is 2. The molecule has 0 spiro atoms. The SMILES string of the molecule is C=C(C)C(=O)O.C=C(C)C(=O)O.CCCCCCC[CH2][Sn][CH2]CCCCCCC. The summed E-state index contributed by atoms with van der Waals surface area (Å²) in [6, 6.07) is 0. The van der Waals surface area contributed by atoms with Crippen LogP contribution in [-0.4, -0.2) is 43.3 Å². The van der Waals surface area contributed by atoms with Gasteiger partial charge in [-0.25, -0.2) is 9.59 Å².